The minimum atomic E-state index is -2.17. The van der Waals surface area contributed by atoms with Crippen LogP contribution in [-0.4, -0.2) is 32.3 Å². The molecule has 0 aliphatic heterocycles. The third-order valence-corrected chi connectivity index (χ3v) is 2.09. The topological polar surface area (TPSA) is 78.5 Å². The van der Waals surface area contributed by atoms with Gasteiger partial charge in [0.1, 0.15) is 5.60 Å². The van der Waals surface area contributed by atoms with Crippen molar-refractivity contribution in [1.29, 1.82) is 0 Å². The molecule has 0 fully saturated rings. The molecule has 0 aromatic heterocycles. The van der Waals surface area contributed by atoms with Crippen molar-refractivity contribution in [3.05, 3.63) is 0 Å². The van der Waals surface area contributed by atoms with E-state index in [9.17, 15) is 13.6 Å². The maximum atomic E-state index is 11.1. The number of hydrogen-bond acceptors (Lipinski definition) is 4. The smallest absolute Gasteiger partial charge is 0.772 e. The number of amides is 1. The van der Waals surface area contributed by atoms with Gasteiger partial charge in [0.2, 0.25) is 0 Å². The van der Waals surface area contributed by atoms with Gasteiger partial charge in [-0.25, -0.2) is 4.79 Å². The maximum Gasteiger partial charge on any atom is 1.00 e. The first-order valence-electron chi connectivity index (χ1n) is 4.27. The average Bonchev–Trinajstić information content (AvgIpc) is 1.96. The van der Waals surface area contributed by atoms with Crippen LogP contribution >= 0.6 is 0 Å². The summed E-state index contributed by atoms with van der Waals surface area (Å²) < 4.78 is 25.7. The molecule has 0 aromatic rings. The molecule has 0 spiro atoms. The van der Waals surface area contributed by atoms with E-state index in [-0.39, 0.29) is 36.1 Å². The Labute approximate surface area is 115 Å². The summed E-state index contributed by atoms with van der Waals surface area (Å²) in [4.78, 5) is 11.1. The van der Waals surface area contributed by atoms with Gasteiger partial charge in [0, 0.05) is 11.8 Å². The molecule has 1 N–H and O–H groups in total. The molecular weight excluding hydrogens is 229 g/mol. The van der Waals surface area contributed by atoms with Gasteiger partial charge in [0.05, 0.1) is 0 Å². The molecule has 7 heteroatoms. The summed E-state index contributed by atoms with van der Waals surface area (Å²) in [6, 6.07) is 0. The quantitative estimate of drug-likeness (QED) is 0.451. The molecule has 0 heterocycles. The minimum absolute atomic E-state index is 0. The largest absolute Gasteiger partial charge is 1.00 e. The van der Waals surface area contributed by atoms with Crippen LogP contribution < -0.4 is 34.9 Å². The van der Waals surface area contributed by atoms with Crippen LogP contribution in [0.4, 0.5) is 4.79 Å². The summed E-state index contributed by atoms with van der Waals surface area (Å²) in [5, 5.41) is 1.76. The number of carbonyl (C=O) groups is 1. The second-order valence-corrected chi connectivity index (χ2v) is 5.28. The van der Waals surface area contributed by atoms with Crippen molar-refractivity contribution in [2.75, 3.05) is 6.54 Å². The molecule has 1 amide bonds. The van der Waals surface area contributed by atoms with Crippen molar-refractivity contribution < 1.29 is 47.9 Å². The summed E-state index contributed by atoms with van der Waals surface area (Å²) in [6.07, 6.45) is -0.602. The molecule has 0 aromatic carbocycles. The number of ether oxygens (including phenoxy) is 1. The number of hydrogen-bond donors (Lipinski definition) is 1. The Balaban J connectivity index is 0. The molecule has 0 rings (SSSR count). The fourth-order valence-corrected chi connectivity index (χ4v) is 0.829. The molecule has 0 saturated carbocycles. The molecular formula is C8H16NNaO4S. The molecule has 0 aliphatic carbocycles. The van der Waals surface area contributed by atoms with Crippen molar-refractivity contribution in [2.45, 2.75) is 38.5 Å². The normalized spacial score (nSPS) is 14.7. The van der Waals surface area contributed by atoms with Crippen LogP contribution in [-0.2, 0) is 15.8 Å². The van der Waals surface area contributed by atoms with Crippen LogP contribution in [0.2, 0.25) is 0 Å². The summed E-state index contributed by atoms with van der Waals surface area (Å²) in [7, 11) is 0. The van der Waals surface area contributed by atoms with E-state index in [0.717, 1.165) is 0 Å². The number of nitrogens with one attached hydrogen (secondary N) is 1. The Kier molecular flexibility index (Phi) is 9.03. The third kappa shape index (κ3) is 10.7. The van der Waals surface area contributed by atoms with E-state index in [2.05, 4.69) is 5.32 Å². The summed E-state index contributed by atoms with van der Waals surface area (Å²) in [6.45, 7) is 6.77. The van der Waals surface area contributed by atoms with E-state index in [0.29, 0.717) is 0 Å². The van der Waals surface area contributed by atoms with Gasteiger partial charge in [-0.1, -0.05) is 18.0 Å². The standard InChI is InChI=1S/C8H17NO4S.Na/c1-6(14(11)12)5-9-7(10)13-8(2,3)4;/h6H,5H2,1-4H3,(H,9,10)(H,11,12);/q;+1/p-1/t6-;/m1./s1. The van der Waals surface area contributed by atoms with Gasteiger partial charge in [-0.3, -0.25) is 4.21 Å². The fourth-order valence-electron chi connectivity index (χ4n) is 0.609. The second-order valence-electron chi connectivity index (χ2n) is 3.95. The molecule has 0 radical (unpaired) electrons. The van der Waals surface area contributed by atoms with Gasteiger partial charge in [-0.15, -0.1) is 0 Å². The average molecular weight is 245 g/mol. The van der Waals surface area contributed by atoms with E-state index in [1.807, 2.05) is 0 Å². The first-order chi connectivity index (χ1) is 6.22. The number of alkyl carbamates (subject to hydrolysis) is 1. The Morgan fingerprint density at radius 1 is 1.53 bits per heavy atom. The molecule has 0 saturated heterocycles. The zero-order valence-electron chi connectivity index (χ0n) is 9.83. The molecule has 1 unspecified atom stereocenters. The Bertz CT molecular complexity index is 229. The van der Waals surface area contributed by atoms with Gasteiger partial charge >= 0.3 is 35.7 Å². The fraction of sp³-hybridized carbons (Fsp3) is 0.875. The van der Waals surface area contributed by atoms with E-state index < -0.39 is 28.0 Å². The van der Waals surface area contributed by atoms with Gasteiger partial charge in [0.15, 0.2) is 0 Å². The van der Waals surface area contributed by atoms with E-state index >= 15 is 0 Å². The molecule has 5 nitrogen and oxygen atoms in total. The van der Waals surface area contributed by atoms with Crippen molar-refractivity contribution >= 4 is 17.2 Å². The second kappa shape index (κ2) is 7.62. The van der Waals surface area contributed by atoms with E-state index in [1.165, 1.54) is 6.92 Å². The van der Waals surface area contributed by atoms with Crippen LogP contribution in [0.25, 0.3) is 0 Å². The van der Waals surface area contributed by atoms with Crippen molar-refractivity contribution in [2.24, 2.45) is 0 Å². The van der Waals surface area contributed by atoms with Crippen molar-refractivity contribution in [3.8, 4) is 0 Å². The first-order valence-corrected chi connectivity index (χ1v) is 5.41. The van der Waals surface area contributed by atoms with E-state index in [1.54, 1.807) is 20.8 Å². The predicted octanol–water partition coefficient (Wildman–Crippen LogP) is -2.22. The van der Waals surface area contributed by atoms with Crippen LogP contribution in [0.15, 0.2) is 0 Å². The maximum absolute atomic E-state index is 11.1. The van der Waals surface area contributed by atoms with Gasteiger partial charge in [-0.05, 0) is 20.8 Å². The van der Waals surface area contributed by atoms with Crippen molar-refractivity contribution in [3.63, 3.8) is 0 Å². The predicted molar refractivity (Wildman–Crippen MR) is 52.6 cm³/mol. The van der Waals surface area contributed by atoms with Gasteiger partial charge in [-0.2, -0.15) is 0 Å². The first kappa shape index (κ1) is 17.8. The molecule has 84 valence electrons. The van der Waals surface area contributed by atoms with Crippen LogP contribution in [0.5, 0.6) is 0 Å². The number of rotatable bonds is 3. The molecule has 0 bridgehead atoms. The van der Waals surface area contributed by atoms with Crippen LogP contribution in [0.1, 0.15) is 27.7 Å². The van der Waals surface area contributed by atoms with Crippen molar-refractivity contribution in [1.82, 2.24) is 5.32 Å². The zero-order chi connectivity index (χ0) is 11.4. The summed E-state index contributed by atoms with van der Waals surface area (Å²) >= 11 is -2.17. The summed E-state index contributed by atoms with van der Waals surface area (Å²) in [5.41, 5.74) is -0.566. The van der Waals surface area contributed by atoms with Gasteiger partial charge in [0.25, 0.3) is 0 Å². The summed E-state index contributed by atoms with van der Waals surface area (Å²) in [5.74, 6) is 0. The number of carbonyl (C=O) groups excluding carboxylic acids is 1. The molecule has 0 aliphatic rings. The minimum Gasteiger partial charge on any atom is -0.772 e. The Hall–Kier alpha value is 0.380. The third-order valence-electron chi connectivity index (χ3n) is 1.26. The van der Waals surface area contributed by atoms with Crippen LogP contribution in [0.3, 0.4) is 0 Å². The molecule has 2 atom stereocenters. The zero-order valence-corrected chi connectivity index (χ0v) is 12.6. The van der Waals surface area contributed by atoms with Crippen LogP contribution in [0, 0.1) is 0 Å². The Morgan fingerprint density at radius 3 is 2.33 bits per heavy atom. The SMILES string of the molecule is C[C@H](CNC(=O)OC(C)(C)C)S(=O)[O-].[Na+]. The molecule has 15 heavy (non-hydrogen) atoms. The van der Waals surface area contributed by atoms with E-state index in [4.69, 9.17) is 4.74 Å². The Morgan fingerprint density at radius 2 is 2.00 bits per heavy atom. The monoisotopic (exact) mass is 245 g/mol. The van der Waals surface area contributed by atoms with Gasteiger partial charge < -0.3 is 14.6 Å².